The molecule has 0 amide bonds. The van der Waals surface area contributed by atoms with Crippen molar-refractivity contribution in [1.29, 1.82) is 5.26 Å². The number of pyridine rings is 2. The van der Waals surface area contributed by atoms with E-state index in [1.807, 2.05) is 37.9 Å². The highest BCUT2D eigenvalue weighted by molar-refractivity contribution is 5.87. The number of hydrogen-bond donors (Lipinski definition) is 1. The molecule has 9 nitrogen and oxygen atoms in total. The van der Waals surface area contributed by atoms with Crippen molar-refractivity contribution in [3.63, 3.8) is 0 Å². The van der Waals surface area contributed by atoms with E-state index in [2.05, 4.69) is 59.0 Å². The van der Waals surface area contributed by atoms with Crippen LogP contribution in [0.1, 0.15) is 26.3 Å². The van der Waals surface area contributed by atoms with Crippen LogP contribution in [0.2, 0.25) is 0 Å². The van der Waals surface area contributed by atoms with E-state index >= 15 is 0 Å². The first-order chi connectivity index (χ1) is 17.2. The Bertz CT molecular complexity index is 1400. The van der Waals surface area contributed by atoms with Crippen LogP contribution < -0.4 is 4.90 Å². The molecule has 5 rings (SSSR count). The molecule has 1 atom stereocenters. The van der Waals surface area contributed by atoms with Gasteiger partial charge in [0.15, 0.2) is 0 Å². The molecule has 1 N–H and O–H groups in total. The van der Waals surface area contributed by atoms with Gasteiger partial charge < -0.3 is 10.0 Å². The molecule has 0 radical (unpaired) electrons. The smallest absolute Gasteiger partial charge is 0.128 e. The predicted octanol–water partition coefficient (Wildman–Crippen LogP) is 3.20. The molecule has 1 aliphatic heterocycles. The number of hydrogen-bond acceptors (Lipinski definition) is 7. The molecular weight excluding hydrogens is 452 g/mol. The van der Waals surface area contributed by atoms with Crippen molar-refractivity contribution in [3.8, 4) is 28.3 Å². The van der Waals surface area contributed by atoms with E-state index < -0.39 is 0 Å². The maximum Gasteiger partial charge on any atom is 0.128 e. The van der Waals surface area contributed by atoms with E-state index in [4.69, 9.17) is 4.98 Å². The summed E-state index contributed by atoms with van der Waals surface area (Å²) in [4.78, 5) is 9.39. The first kappa shape index (κ1) is 24.0. The van der Waals surface area contributed by atoms with Gasteiger partial charge in [-0.15, -0.1) is 0 Å². The van der Waals surface area contributed by atoms with Crippen LogP contribution in [0.3, 0.4) is 0 Å². The van der Waals surface area contributed by atoms with Crippen molar-refractivity contribution in [2.75, 3.05) is 37.6 Å². The lowest BCUT2D eigenvalue weighted by Crippen LogP contribution is -2.50. The number of piperazine rings is 1. The second-order valence-electron chi connectivity index (χ2n) is 10.6. The summed E-state index contributed by atoms with van der Waals surface area (Å²) >= 11 is 0. The lowest BCUT2D eigenvalue weighted by molar-refractivity contribution is 0.0269. The fourth-order valence-electron chi connectivity index (χ4n) is 4.56. The van der Waals surface area contributed by atoms with Gasteiger partial charge in [-0.2, -0.15) is 15.5 Å². The first-order valence-electron chi connectivity index (χ1n) is 12.3. The van der Waals surface area contributed by atoms with Gasteiger partial charge in [-0.1, -0.05) is 20.8 Å². The number of nitrogens with zero attached hydrogens (tertiary/aromatic N) is 8. The molecule has 186 valence electrons. The average Bonchev–Trinajstić information content (AvgIpc) is 3.49. The fourth-order valence-corrected chi connectivity index (χ4v) is 4.56. The molecule has 4 aromatic rings. The van der Waals surface area contributed by atoms with Crippen LogP contribution in [-0.4, -0.2) is 73.2 Å². The van der Waals surface area contributed by atoms with E-state index in [0.29, 0.717) is 12.1 Å². The molecule has 1 aliphatic rings. The van der Waals surface area contributed by atoms with Gasteiger partial charge in [0.2, 0.25) is 0 Å². The van der Waals surface area contributed by atoms with Gasteiger partial charge in [0, 0.05) is 80.6 Å². The lowest BCUT2D eigenvalue weighted by atomic mass is 9.89. The molecule has 0 spiro atoms. The topological polar surface area (TPSA) is 98.5 Å². The summed E-state index contributed by atoms with van der Waals surface area (Å²) in [5.74, 6) is 0.934. The van der Waals surface area contributed by atoms with Gasteiger partial charge in [-0.05, 0) is 23.6 Å². The Balaban J connectivity index is 1.38. The quantitative estimate of drug-likeness (QED) is 0.464. The Morgan fingerprint density at radius 3 is 2.39 bits per heavy atom. The van der Waals surface area contributed by atoms with E-state index in [1.165, 1.54) is 0 Å². The van der Waals surface area contributed by atoms with Crippen molar-refractivity contribution in [1.82, 2.24) is 29.3 Å². The minimum absolute atomic E-state index is 0.116. The van der Waals surface area contributed by atoms with Gasteiger partial charge in [-0.3, -0.25) is 9.58 Å². The molecule has 36 heavy (non-hydrogen) atoms. The minimum atomic E-state index is -0.345. The van der Waals surface area contributed by atoms with Crippen LogP contribution in [-0.2, 0) is 7.05 Å². The van der Waals surface area contributed by atoms with Gasteiger partial charge in [0.25, 0.3) is 0 Å². The molecular formula is C27H32N8O. The number of β-amino-alcohol motifs (C(OH)–C–C–N with tert-alkyl or cyclic N) is 1. The predicted molar refractivity (Wildman–Crippen MR) is 139 cm³/mol. The van der Waals surface area contributed by atoms with Crippen LogP contribution in [0, 0.1) is 16.7 Å². The zero-order valence-corrected chi connectivity index (χ0v) is 21.3. The van der Waals surface area contributed by atoms with E-state index in [9.17, 15) is 10.4 Å². The highest BCUT2D eigenvalue weighted by atomic mass is 16.3. The zero-order valence-electron chi connectivity index (χ0n) is 21.3. The Morgan fingerprint density at radius 2 is 1.78 bits per heavy atom. The Labute approximate surface area is 211 Å². The highest BCUT2D eigenvalue weighted by Crippen LogP contribution is 2.32. The van der Waals surface area contributed by atoms with Crippen LogP contribution in [0.5, 0.6) is 0 Å². The number of rotatable bonds is 5. The number of fused-ring (bicyclic) bond motifs is 1. The highest BCUT2D eigenvalue weighted by Gasteiger charge is 2.26. The monoisotopic (exact) mass is 484 g/mol. The van der Waals surface area contributed by atoms with Crippen LogP contribution >= 0.6 is 0 Å². The number of aliphatic hydroxyl groups is 1. The second-order valence-corrected chi connectivity index (χ2v) is 10.6. The number of aryl methyl sites for hydroxylation is 1. The molecule has 0 bridgehead atoms. The average molecular weight is 485 g/mol. The maximum absolute atomic E-state index is 10.5. The standard InChI is InChI=1S/C27H32N8O/c1-27(2,3)24(36)18-33-7-9-34(10-8-33)25-6-5-19(13-29-25)23-11-20(22-15-30-32(4)16-22)17-35-26(23)21(12-28)14-31-35/h5-6,11,13-17,24,36H,7-10,18H2,1-4H3. The molecule has 1 saturated heterocycles. The molecule has 1 unspecified atom stereocenters. The Morgan fingerprint density at radius 1 is 1.00 bits per heavy atom. The van der Waals surface area contributed by atoms with Crippen LogP contribution in [0.25, 0.3) is 27.8 Å². The van der Waals surface area contributed by atoms with E-state index in [0.717, 1.165) is 59.8 Å². The maximum atomic E-state index is 10.5. The third kappa shape index (κ3) is 4.70. The van der Waals surface area contributed by atoms with Crippen LogP contribution in [0.15, 0.2) is 49.2 Å². The second kappa shape index (κ2) is 9.37. The third-order valence-electron chi connectivity index (χ3n) is 6.96. The summed E-state index contributed by atoms with van der Waals surface area (Å²) in [6, 6.07) is 8.45. The summed E-state index contributed by atoms with van der Waals surface area (Å²) in [7, 11) is 1.89. The molecule has 0 saturated carbocycles. The number of aliphatic hydroxyl groups excluding tert-OH is 1. The molecule has 5 heterocycles. The minimum Gasteiger partial charge on any atom is -0.391 e. The van der Waals surface area contributed by atoms with Crippen molar-refractivity contribution in [3.05, 3.63) is 54.7 Å². The van der Waals surface area contributed by atoms with Crippen molar-refractivity contribution in [2.24, 2.45) is 12.5 Å². The molecule has 9 heteroatoms. The van der Waals surface area contributed by atoms with Gasteiger partial charge in [-0.25, -0.2) is 9.50 Å². The number of nitriles is 1. The Kier molecular flexibility index (Phi) is 6.24. The third-order valence-corrected chi connectivity index (χ3v) is 6.96. The van der Waals surface area contributed by atoms with Crippen LogP contribution in [0.4, 0.5) is 5.82 Å². The zero-order chi connectivity index (χ0) is 25.4. The molecule has 1 fully saturated rings. The summed E-state index contributed by atoms with van der Waals surface area (Å²) < 4.78 is 3.53. The van der Waals surface area contributed by atoms with E-state index in [-0.39, 0.29) is 11.5 Å². The first-order valence-corrected chi connectivity index (χ1v) is 12.3. The van der Waals surface area contributed by atoms with Crippen molar-refractivity contribution < 1.29 is 5.11 Å². The summed E-state index contributed by atoms with van der Waals surface area (Å²) in [5.41, 5.74) is 4.97. The van der Waals surface area contributed by atoms with Gasteiger partial charge >= 0.3 is 0 Å². The molecule has 0 aliphatic carbocycles. The Hall–Kier alpha value is -3.74. The number of anilines is 1. The summed E-state index contributed by atoms with van der Waals surface area (Å²) in [6.07, 6.45) is 8.84. The fraction of sp³-hybridized carbons (Fsp3) is 0.407. The molecule has 0 aromatic carbocycles. The van der Waals surface area contributed by atoms with Crippen molar-refractivity contribution >= 4 is 11.3 Å². The summed E-state index contributed by atoms with van der Waals surface area (Å²) in [6.45, 7) is 10.4. The SMILES string of the molecule is Cn1cc(-c2cc(-c3ccc(N4CCN(CC(O)C(C)(C)C)CC4)nc3)c3c(C#N)cnn3c2)cn1. The normalized spacial score (nSPS) is 15.8. The van der Waals surface area contributed by atoms with Gasteiger partial charge in [0.1, 0.15) is 11.9 Å². The molecule has 4 aromatic heterocycles. The summed E-state index contributed by atoms with van der Waals surface area (Å²) in [5, 5.41) is 28.8. The largest absolute Gasteiger partial charge is 0.391 e. The van der Waals surface area contributed by atoms with E-state index in [1.54, 1.807) is 15.4 Å². The number of aromatic nitrogens is 5. The lowest BCUT2D eigenvalue weighted by Gasteiger charge is -2.38. The van der Waals surface area contributed by atoms with Gasteiger partial charge in [0.05, 0.1) is 29.6 Å². The van der Waals surface area contributed by atoms with Crippen molar-refractivity contribution in [2.45, 2.75) is 26.9 Å².